The monoisotopic (exact) mass is 288 g/mol. The molecule has 100 valence electrons. The van der Waals surface area contributed by atoms with Gasteiger partial charge in [0.05, 0.1) is 16.1 Å². The predicted octanol–water partition coefficient (Wildman–Crippen LogP) is 3.91. The van der Waals surface area contributed by atoms with E-state index in [4.69, 9.17) is 16.9 Å². The van der Waals surface area contributed by atoms with Crippen molar-refractivity contribution >= 4 is 23.2 Å². The van der Waals surface area contributed by atoms with Crippen molar-refractivity contribution in [3.63, 3.8) is 0 Å². The molecule has 0 fully saturated rings. The van der Waals surface area contributed by atoms with E-state index >= 15 is 0 Å². The molecule has 0 saturated heterocycles. The highest BCUT2D eigenvalue weighted by atomic mass is 35.5. The molecule has 0 unspecified atom stereocenters. The number of aryl methyl sites for hydroxylation is 1. The Bertz CT molecular complexity index is 722. The van der Waals surface area contributed by atoms with Gasteiger partial charge in [-0.15, -0.1) is 0 Å². The zero-order chi connectivity index (χ0) is 14.7. The van der Waals surface area contributed by atoms with Gasteiger partial charge in [-0.2, -0.15) is 5.26 Å². The highest BCUT2D eigenvalue weighted by Crippen LogP contribution is 2.20. The molecule has 5 heteroatoms. The summed E-state index contributed by atoms with van der Waals surface area (Å²) in [5.41, 5.74) is 1.47. The quantitative estimate of drug-likeness (QED) is 0.911. The second-order valence-corrected chi connectivity index (χ2v) is 4.65. The van der Waals surface area contributed by atoms with E-state index in [1.807, 2.05) is 6.92 Å². The maximum Gasteiger partial charge on any atom is 0.257 e. The molecule has 0 heterocycles. The van der Waals surface area contributed by atoms with Crippen LogP contribution in [-0.4, -0.2) is 5.91 Å². The lowest BCUT2D eigenvalue weighted by atomic mass is 10.1. The van der Waals surface area contributed by atoms with Crippen LogP contribution in [0.25, 0.3) is 0 Å². The summed E-state index contributed by atoms with van der Waals surface area (Å²) in [5.74, 6) is -1.04. The Morgan fingerprint density at radius 2 is 2.05 bits per heavy atom. The average Bonchev–Trinajstić information content (AvgIpc) is 2.40. The Labute approximate surface area is 120 Å². The molecule has 2 aromatic rings. The van der Waals surface area contributed by atoms with Gasteiger partial charge in [0.25, 0.3) is 5.91 Å². The van der Waals surface area contributed by atoms with E-state index in [1.54, 1.807) is 24.3 Å². The van der Waals surface area contributed by atoms with Crippen molar-refractivity contribution in [2.75, 3.05) is 5.32 Å². The predicted molar refractivity (Wildman–Crippen MR) is 75.3 cm³/mol. The Morgan fingerprint density at radius 1 is 1.30 bits per heavy atom. The van der Waals surface area contributed by atoms with Crippen molar-refractivity contribution in [2.24, 2.45) is 0 Å². The van der Waals surface area contributed by atoms with Crippen molar-refractivity contribution in [1.29, 1.82) is 5.26 Å². The highest BCUT2D eigenvalue weighted by Gasteiger charge is 2.11. The molecule has 3 nitrogen and oxygen atoms in total. The number of hydrogen-bond donors (Lipinski definition) is 1. The van der Waals surface area contributed by atoms with Crippen LogP contribution in [0.4, 0.5) is 10.1 Å². The fourth-order valence-electron chi connectivity index (χ4n) is 1.69. The van der Waals surface area contributed by atoms with Gasteiger partial charge in [-0.05, 0) is 42.8 Å². The maximum atomic E-state index is 13.2. The molecule has 0 bridgehead atoms. The number of benzene rings is 2. The van der Waals surface area contributed by atoms with Crippen molar-refractivity contribution in [3.05, 3.63) is 63.9 Å². The normalized spacial score (nSPS) is 9.90. The summed E-state index contributed by atoms with van der Waals surface area (Å²) < 4.78 is 13.2. The first kappa shape index (κ1) is 14.0. The third kappa shape index (κ3) is 2.95. The van der Waals surface area contributed by atoms with Crippen LogP contribution in [0.5, 0.6) is 0 Å². The second kappa shape index (κ2) is 5.72. The Kier molecular flexibility index (Phi) is 4.02. The summed E-state index contributed by atoms with van der Waals surface area (Å²) in [6.07, 6.45) is 0. The van der Waals surface area contributed by atoms with Gasteiger partial charge in [0.2, 0.25) is 0 Å². The molecular weight excluding hydrogens is 279 g/mol. The van der Waals surface area contributed by atoms with Gasteiger partial charge in [-0.1, -0.05) is 17.7 Å². The maximum absolute atomic E-state index is 13.2. The molecule has 0 saturated carbocycles. The minimum Gasteiger partial charge on any atom is -0.322 e. The second-order valence-electron chi connectivity index (χ2n) is 4.24. The molecule has 0 atom stereocenters. The van der Waals surface area contributed by atoms with Crippen LogP contribution in [0.2, 0.25) is 5.02 Å². The SMILES string of the molecule is Cc1ccc(C(=O)Nc2ccc(F)c(C#N)c2)c(Cl)c1. The summed E-state index contributed by atoms with van der Waals surface area (Å²) in [7, 11) is 0. The molecule has 2 rings (SSSR count). The zero-order valence-corrected chi connectivity index (χ0v) is 11.3. The molecule has 20 heavy (non-hydrogen) atoms. The van der Waals surface area contributed by atoms with E-state index in [9.17, 15) is 9.18 Å². The zero-order valence-electron chi connectivity index (χ0n) is 10.6. The van der Waals surface area contributed by atoms with Gasteiger partial charge in [-0.3, -0.25) is 4.79 Å². The Morgan fingerprint density at radius 3 is 2.70 bits per heavy atom. The number of carbonyl (C=O) groups is 1. The highest BCUT2D eigenvalue weighted by molar-refractivity contribution is 6.34. The summed E-state index contributed by atoms with van der Waals surface area (Å²) in [4.78, 5) is 12.1. The van der Waals surface area contributed by atoms with Crippen molar-refractivity contribution in [2.45, 2.75) is 6.92 Å². The average molecular weight is 289 g/mol. The van der Waals surface area contributed by atoms with Crippen molar-refractivity contribution in [1.82, 2.24) is 0 Å². The van der Waals surface area contributed by atoms with Crippen LogP contribution in [0.1, 0.15) is 21.5 Å². The molecule has 0 aliphatic rings. The number of anilines is 1. The van der Waals surface area contributed by atoms with E-state index in [1.165, 1.54) is 12.1 Å². The minimum absolute atomic E-state index is 0.127. The van der Waals surface area contributed by atoms with Crippen LogP contribution < -0.4 is 5.32 Å². The molecule has 0 aliphatic carbocycles. The number of amides is 1. The number of rotatable bonds is 2. The van der Waals surface area contributed by atoms with Gasteiger partial charge in [0, 0.05) is 5.69 Å². The van der Waals surface area contributed by atoms with Crippen LogP contribution in [0, 0.1) is 24.1 Å². The largest absolute Gasteiger partial charge is 0.322 e. The van der Waals surface area contributed by atoms with Gasteiger partial charge in [0.15, 0.2) is 0 Å². The van der Waals surface area contributed by atoms with Gasteiger partial charge in [0.1, 0.15) is 11.9 Å². The van der Waals surface area contributed by atoms with E-state index in [0.29, 0.717) is 16.3 Å². The number of carbonyl (C=O) groups excluding carboxylic acids is 1. The van der Waals surface area contributed by atoms with Gasteiger partial charge < -0.3 is 5.32 Å². The van der Waals surface area contributed by atoms with Gasteiger partial charge >= 0.3 is 0 Å². The molecule has 0 spiro atoms. The first-order valence-electron chi connectivity index (χ1n) is 5.78. The fraction of sp³-hybridized carbons (Fsp3) is 0.0667. The summed E-state index contributed by atoms with van der Waals surface area (Å²) in [5, 5.41) is 11.7. The molecule has 2 aromatic carbocycles. The molecule has 0 aromatic heterocycles. The molecule has 0 radical (unpaired) electrons. The third-order valence-electron chi connectivity index (χ3n) is 2.71. The minimum atomic E-state index is -0.626. The lowest BCUT2D eigenvalue weighted by Gasteiger charge is -2.08. The molecule has 0 aliphatic heterocycles. The fourth-order valence-corrected chi connectivity index (χ4v) is 2.01. The van der Waals surface area contributed by atoms with Crippen molar-refractivity contribution in [3.8, 4) is 6.07 Å². The van der Waals surface area contributed by atoms with Crippen LogP contribution in [0.3, 0.4) is 0 Å². The lowest BCUT2D eigenvalue weighted by Crippen LogP contribution is -2.12. The third-order valence-corrected chi connectivity index (χ3v) is 3.03. The van der Waals surface area contributed by atoms with E-state index in [2.05, 4.69) is 5.32 Å². The van der Waals surface area contributed by atoms with Crippen LogP contribution >= 0.6 is 11.6 Å². The standard InChI is InChI=1S/C15H10ClFN2O/c1-9-2-4-12(13(16)6-9)15(20)19-11-3-5-14(17)10(7-11)8-18/h2-7H,1H3,(H,19,20). The topological polar surface area (TPSA) is 52.9 Å². The van der Waals surface area contributed by atoms with Crippen LogP contribution in [0.15, 0.2) is 36.4 Å². The molecular formula is C15H10ClFN2O. The van der Waals surface area contributed by atoms with Crippen molar-refractivity contribution < 1.29 is 9.18 Å². The smallest absolute Gasteiger partial charge is 0.257 e. The first-order valence-corrected chi connectivity index (χ1v) is 6.16. The lowest BCUT2D eigenvalue weighted by molar-refractivity contribution is 0.102. The summed E-state index contributed by atoms with van der Waals surface area (Å²) in [6.45, 7) is 1.87. The number of nitriles is 1. The Balaban J connectivity index is 2.26. The molecule has 1 amide bonds. The number of nitrogens with zero attached hydrogens (tertiary/aromatic N) is 1. The van der Waals surface area contributed by atoms with E-state index in [-0.39, 0.29) is 5.56 Å². The Hall–Kier alpha value is -2.38. The number of hydrogen-bond acceptors (Lipinski definition) is 2. The number of nitrogens with one attached hydrogen (secondary N) is 1. The number of halogens is 2. The van der Waals surface area contributed by atoms with E-state index < -0.39 is 11.7 Å². The van der Waals surface area contributed by atoms with Crippen LogP contribution in [-0.2, 0) is 0 Å². The first-order chi connectivity index (χ1) is 9.51. The van der Waals surface area contributed by atoms with Gasteiger partial charge in [-0.25, -0.2) is 4.39 Å². The van der Waals surface area contributed by atoms with E-state index in [0.717, 1.165) is 11.6 Å². The molecule has 1 N–H and O–H groups in total. The summed E-state index contributed by atoms with van der Waals surface area (Å²) >= 11 is 6.00. The summed E-state index contributed by atoms with van der Waals surface area (Å²) in [6, 6.07) is 10.6.